The molecule has 1 nitrogen and oxygen atoms in total. The Labute approximate surface area is 196 Å². The number of hydrogen-bond donors (Lipinski definition) is 0. The zero-order valence-electron chi connectivity index (χ0n) is 18.3. The van der Waals surface area contributed by atoms with E-state index in [0.29, 0.717) is 48.8 Å². The molecule has 0 fully saturated rings. The predicted octanol–water partition coefficient (Wildman–Crippen LogP) is 7.63. The van der Waals surface area contributed by atoms with Crippen LogP contribution in [0.5, 0.6) is 0 Å². The van der Waals surface area contributed by atoms with Crippen molar-refractivity contribution in [2.24, 2.45) is 0 Å². The molecule has 0 aliphatic rings. The molecule has 0 heterocycles. The number of hydrogen-bond acceptors (Lipinski definition) is 1. The third kappa shape index (κ3) is 5.58. The van der Waals surface area contributed by atoms with Gasteiger partial charge >= 0.3 is 0 Å². The highest BCUT2D eigenvalue weighted by Gasteiger charge is 2.10. The number of fused-ring (bicyclic) bond motifs is 1. The Morgan fingerprint density at radius 3 is 2.03 bits per heavy atom. The van der Waals surface area contributed by atoms with Crippen molar-refractivity contribution in [3.05, 3.63) is 117 Å². The van der Waals surface area contributed by atoms with Crippen LogP contribution in [-0.4, -0.2) is 7.11 Å². The van der Waals surface area contributed by atoms with Crippen molar-refractivity contribution in [2.45, 2.75) is 32.3 Å². The average Bonchev–Trinajstić information content (AvgIpc) is 2.80. The summed E-state index contributed by atoms with van der Waals surface area (Å²) in [5, 5.41) is 1.44. The van der Waals surface area contributed by atoms with Gasteiger partial charge in [0, 0.05) is 12.5 Å². The van der Waals surface area contributed by atoms with Gasteiger partial charge in [0.2, 0.25) is 0 Å². The second-order valence-corrected chi connectivity index (χ2v) is 8.61. The van der Waals surface area contributed by atoms with Gasteiger partial charge in [-0.3, -0.25) is 0 Å². The van der Waals surface area contributed by atoms with E-state index in [1.807, 2.05) is 24.3 Å². The highest BCUT2D eigenvalue weighted by molar-refractivity contribution is 6.30. The maximum atomic E-state index is 15.1. The minimum Gasteiger partial charge on any atom is -0.380 e. The summed E-state index contributed by atoms with van der Waals surface area (Å²) >= 11 is 5.73. The van der Waals surface area contributed by atoms with Gasteiger partial charge in [0.1, 0.15) is 17.5 Å². The standard InChI is InChI=1S/C28H24ClF3O/c1-33-17-20-4-8-21(26(30)16-20)7-2-18-5-12-24-23(14-18)11-10-22(28(24)32)9-3-19-6-13-25(29)27(31)15-19/h4-6,8,10-16H,2-3,7,9,17H2,1H3. The van der Waals surface area contributed by atoms with Crippen molar-refractivity contribution in [3.63, 3.8) is 0 Å². The van der Waals surface area contributed by atoms with Crippen LogP contribution in [0.1, 0.15) is 27.8 Å². The lowest BCUT2D eigenvalue weighted by Crippen LogP contribution is -1.99. The fourth-order valence-electron chi connectivity index (χ4n) is 4.04. The molecule has 4 rings (SSSR count). The molecule has 33 heavy (non-hydrogen) atoms. The quantitative estimate of drug-likeness (QED) is 0.258. The predicted molar refractivity (Wildman–Crippen MR) is 127 cm³/mol. The molecule has 4 aromatic rings. The zero-order chi connectivity index (χ0) is 23.4. The van der Waals surface area contributed by atoms with E-state index in [4.69, 9.17) is 16.3 Å². The molecule has 0 aliphatic carbocycles. The molecule has 0 aromatic heterocycles. The maximum Gasteiger partial charge on any atom is 0.142 e. The van der Waals surface area contributed by atoms with Gasteiger partial charge in [0.05, 0.1) is 11.6 Å². The Morgan fingerprint density at radius 2 is 1.30 bits per heavy atom. The van der Waals surface area contributed by atoms with E-state index < -0.39 is 5.82 Å². The fourth-order valence-corrected chi connectivity index (χ4v) is 4.16. The summed E-state index contributed by atoms with van der Waals surface area (Å²) in [7, 11) is 1.58. The summed E-state index contributed by atoms with van der Waals surface area (Å²) < 4.78 is 48.1. The summed E-state index contributed by atoms with van der Waals surface area (Å²) in [5.41, 5.74) is 3.83. The van der Waals surface area contributed by atoms with Crippen LogP contribution in [0.15, 0.2) is 66.7 Å². The van der Waals surface area contributed by atoms with Crippen LogP contribution in [-0.2, 0) is 37.0 Å². The van der Waals surface area contributed by atoms with E-state index in [-0.39, 0.29) is 16.7 Å². The highest BCUT2D eigenvalue weighted by atomic mass is 35.5. The van der Waals surface area contributed by atoms with E-state index in [1.165, 1.54) is 18.2 Å². The second-order valence-electron chi connectivity index (χ2n) is 8.20. The first kappa shape index (κ1) is 23.3. The van der Waals surface area contributed by atoms with Crippen molar-refractivity contribution in [2.75, 3.05) is 7.11 Å². The molecule has 170 valence electrons. The van der Waals surface area contributed by atoms with Gasteiger partial charge in [-0.1, -0.05) is 60.1 Å². The Hall–Kier alpha value is -2.82. The molecule has 0 aliphatic heterocycles. The molecule has 0 bridgehead atoms. The van der Waals surface area contributed by atoms with Crippen molar-refractivity contribution in [1.82, 2.24) is 0 Å². The van der Waals surface area contributed by atoms with Crippen LogP contribution in [0.4, 0.5) is 13.2 Å². The molecule has 0 radical (unpaired) electrons. The minimum atomic E-state index is -0.466. The molecule has 0 unspecified atom stereocenters. The smallest absolute Gasteiger partial charge is 0.142 e. The summed E-state index contributed by atoms with van der Waals surface area (Å²) in [6, 6.07) is 19.1. The zero-order valence-corrected chi connectivity index (χ0v) is 19.1. The van der Waals surface area contributed by atoms with Gasteiger partial charge in [0.15, 0.2) is 0 Å². The van der Waals surface area contributed by atoms with Gasteiger partial charge in [-0.05, 0) is 77.1 Å². The van der Waals surface area contributed by atoms with Gasteiger partial charge in [-0.15, -0.1) is 0 Å². The monoisotopic (exact) mass is 468 g/mol. The molecule has 0 amide bonds. The van der Waals surface area contributed by atoms with Crippen LogP contribution < -0.4 is 0 Å². The highest BCUT2D eigenvalue weighted by Crippen LogP contribution is 2.25. The first-order chi connectivity index (χ1) is 15.9. The van der Waals surface area contributed by atoms with Crippen molar-refractivity contribution in [3.8, 4) is 0 Å². The number of aryl methyl sites for hydroxylation is 4. The Bertz CT molecular complexity index is 1290. The van der Waals surface area contributed by atoms with Crippen molar-refractivity contribution < 1.29 is 17.9 Å². The lowest BCUT2D eigenvalue weighted by Gasteiger charge is -2.10. The topological polar surface area (TPSA) is 9.23 Å². The van der Waals surface area contributed by atoms with Gasteiger partial charge in [-0.25, -0.2) is 13.2 Å². The van der Waals surface area contributed by atoms with E-state index in [0.717, 1.165) is 22.1 Å². The van der Waals surface area contributed by atoms with E-state index in [2.05, 4.69) is 0 Å². The largest absolute Gasteiger partial charge is 0.380 e. The number of halogens is 4. The lowest BCUT2D eigenvalue weighted by atomic mass is 9.97. The molecule has 4 aromatic carbocycles. The van der Waals surface area contributed by atoms with Crippen LogP contribution in [0.3, 0.4) is 0 Å². The molecule has 0 saturated carbocycles. The van der Waals surface area contributed by atoms with Crippen molar-refractivity contribution >= 4 is 22.4 Å². The normalized spacial score (nSPS) is 11.3. The van der Waals surface area contributed by atoms with Gasteiger partial charge in [0.25, 0.3) is 0 Å². The summed E-state index contributed by atoms with van der Waals surface area (Å²) in [6.45, 7) is 0.381. The summed E-state index contributed by atoms with van der Waals surface area (Å²) in [6.07, 6.45) is 2.19. The van der Waals surface area contributed by atoms with Crippen LogP contribution in [0, 0.1) is 17.5 Å². The first-order valence-electron chi connectivity index (χ1n) is 10.8. The third-order valence-corrected chi connectivity index (χ3v) is 6.18. The van der Waals surface area contributed by atoms with E-state index in [9.17, 15) is 8.78 Å². The number of benzene rings is 4. The van der Waals surface area contributed by atoms with Crippen LogP contribution in [0.25, 0.3) is 10.8 Å². The molecule has 5 heteroatoms. The second kappa shape index (κ2) is 10.4. The molecule has 0 atom stereocenters. The number of ether oxygens (including phenoxy) is 1. The summed E-state index contributed by atoms with van der Waals surface area (Å²) in [5.74, 6) is -0.957. The van der Waals surface area contributed by atoms with Gasteiger partial charge < -0.3 is 4.74 Å². The molecule has 0 saturated heterocycles. The minimum absolute atomic E-state index is 0.0808. The molecular formula is C28H24ClF3O. The fraction of sp³-hybridized carbons (Fsp3) is 0.214. The SMILES string of the molecule is COCc1ccc(CCc2ccc3c(F)c(CCc4ccc(Cl)c(F)c4)ccc3c2)c(F)c1. The van der Waals surface area contributed by atoms with E-state index >= 15 is 4.39 Å². The van der Waals surface area contributed by atoms with Crippen molar-refractivity contribution in [1.29, 1.82) is 0 Å². The number of rotatable bonds is 8. The average molecular weight is 469 g/mol. The Kier molecular flexibility index (Phi) is 7.36. The van der Waals surface area contributed by atoms with Gasteiger partial charge in [-0.2, -0.15) is 0 Å². The van der Waals surface area contributed by atoms with Crippen LogP contribution >= 0.6 is 11.6 Å². The summed E-state index contributed by atoms with van der Waals surface area (Å²) in [4.78, 5) is 0. The van der Waals surface area contributed by atoms with E-state index in [1.54, 1.807) is 31.4 Å². The third-order valence-electron chi connectivity index (χ3n) is 5.88. The Balaban J connectivity index is 1.45. The maximum absolute atomic E-state index is 15.1. The Morgan fingerprint density at radius 1 is 0.667 bits per heavy atom. The lowest BCUT2D eigenvalue weighted by molar-refractivity contribution is 0.184. The van der Waals surface area contributed by atoms with Crippen LogP contribution in [0.2, 0.25) is 5.02 Å². The molecular weight excluding hydrogens is 445 g/mol. The first-order valence-corrected chi connectivity index (χ1v) is 11.2. The molecule has 0 N–H and O–H groups in total. The number of methoxy groups -OCH3 is 1. The molecule has 0 spiro atoms.